The van der Waals surface area contributed by atoms with Gasteiger partial charge in [-0.3, -0.25) is 0 Å². The normalized spacial score (nSPS) is 27.2. The van der Waals surface area contributed by atoms with Crippen molar-refractivity contribution >= 4 is 0 Å². The highest BCUT2D eigenvalue weighted by molar-refractivity contribution is 5.11. The number of nitrogens with two attached hydrogens (primary N) is 1. The van der Waals surface area contributed by atoms with Gasteiger partial charge in [0.1, 0.15) is 0 Å². The molecule has 1 aliphatic rings. The Morgan fingerprint density at radius 1 is 1.69 bits per heavy atom. The summed E-state index contributed by atoms with van der Waals surface area (Å²) in [4.78, 5) is 4.15. The van der Waals surface area contributed by atoms with Crippen LogP contribution < -0.4 is 5.73 Å². The number of hydrogen-bond acceptors (Lipinski definition) is 2. The maximum absolute atomic E-state index is 5.85. The van der Waals surface area contributed by atoms with Crippen LogP contribution in [0.15, 0.2) is 12.5 Å². The number of imidazole rings is 1. The smallest absolute Gasteiger partial charge is 0.0951 e. The fraction of sp³-hybridized carbons (Fsp3) is 0.700. The Kier molecular flexibility index (Phi) is 1.74. The van der Waals surface area contributed by atoms with Crippen LogP contribution in [0.25, 0.3) is 0 Å². The SMILES string of the molecule is C[C@@H](N)c1cncn1C1CC1(C)C. The molecule has 1 fully saturated rings. The lowest BCUT2D eigenvalue weighted by Crippen LogP contribution is -2.12. The third-order valence-electron chi connectivity index (χ3n) is 2.96. The van der Waals surface area contributed by atoms with E-state index in [1.54, 1.807) is 0 Å². The molecule has 0 bridgehead atoms. The van der Waals surface area contributed by atoms with Crippen LogP contribution in [-0.4, -0.2) is 9.55 Å². The van der Waals surface area contributed by atoms with Crippen LogP contribution in [-0.2, 0) is 0 Å². The maximum atomic E-state index is 5.85. The second kappa shape index (κ2) is 2.58. The van der Waals surface area contributed by atoms with Crippen LogP contribution in [0.3, 0.4) is 0 Å². The van der Waals surface area contributed by atoms with Crippen LogP contribution in [0.2, 0.25) is 0 Å². The molecule has 0 radical (unpaired) electrons. The lowest BCUT2D eigenvalue weighted by atomic mass is 10.2. The number of nitrogens with zero attached hydrogens (tertiary/aromatic N) is 2. The fourth-order valence-corrected chi connectivity index (χ4v) is 1.84. The Morgan fingerprint density at radius 2 is 2.31 bits per heavy atom. The molecule has 1 heterocycles. The van der Waals surface area contributed by atoms with Crippen molar-refractivity contribution in [2.24, 2.45) is 11.1 Å². The van der Waals surface area contributed by atoms with Crippen molar-refractivity contribution in [3.05, 3.63) is 18.2 Å². The summed E-state index contributed by atoms with van der Waals surface area (Å²) >= 11 is 0. The molecule has 3 nitrogen and oxygen atoms in total. The first-order valence-electron chi connectivity index (χ1n) is 4.79. The summed E-state index contributed by atoms with van der Waals surface area (Å²) < 4.78 is 2.23. The first-order chi connectivity index (χ1) is 6.02. The van der Waals surface area contributed by atoms with Crippen LogP contribution in [0.1, 0.15) is 45.0 Å². The standard InChI is InChI=1S/C10H17N3/c1-7(11)8-5-12-6-13(8)9-4-10(9,2)3/h5-7,9H,4,11H2,1-3H3/t7-,9?/m1/s1. The van der Waals surface area contributed by atoms with Crippen molar-refractivity contribution in [3.8, 4) is 0 Å². The van der Waals surface area contributed by atoms with Gasteiger partial charge < -0.3 is 10.3 Å². The molecule has 1 aromatic rings. The predicted molar refractivity (Wildman–Crippen MR) is 52.3 cm³/mol. The van der Waals surface area contributed by atoms with Crippen molar-refractivity contribution in [3.63, 3.8) is 0 Å². The molecule has 0 saturated heterocycles. The maximum Gasteiger partial charge on any atom is 0.0951 e. The van der Waals surface area contributed by atoms with Gasteiger partial charge in [-0.25, -0.2) is 4.98 Å². The fourth-order valence-electron chi connectivity index (χ4n) is 1.84. The highest BCUT2D eigenvalue weighted by Crippen LogP contribution is 2.55. The minimum Gasteiger partial charge on any atom is -0.330 e. The monoisotopic (exact) mass is 179 g/mol. The van der Waals surface area contributed by atoms with Crippen molar-refractivity contribution in [2.45, 2.75) is 39.3 Å². The third kappa shape index (κ3) is 1.37. The van der Waals surface area contributed by atoms with Crippen LogP contribution in [0.4, 0.5) is 0 Å². The average molecular weight is 179 g/mol. The molecular formula is C10H17N3. The second-order valence-corrected chi connectivity index (χ2v) is 4.72. The van der Waals surface area contributed by atoms with E-state index < -0.39 is 0 Å². The van der Waals surface area contributed by atoms with Crippen LogP contribution in [0.5, 0.6) is 0 Å². The molecule has 2 rings (SSSR count). The molecule has 2 N–H and O–H groups in total. The van der Waals surface area contributed by atoms with Gasteiger partial charge in [0.15, 0.2) is 0 Å². The molecule has 3 heteroatoms. The molecule has 1 saturated carbocycles. The highest BCUT2D eigenvalue weighted by atomic mass is 15.1. The lowest BCUT2D eigenvalue weighted by Gasteiger charge is -2.11. The van der Waals surface area contributed by atoms with E-state index in [2.05, 4.69) is 23.4 Å². The van der Waals surface area contributed by atoms with Crippen molar-refractivity contribution in [1.82, 2.24) is 9.55 Å². The molecular weight excluding hydrogens is 162 g/mol. The topological polar surface area (TPSA) is 43.8 Å². The highest BCUT2D eigenvalue weighted by Gasteiger charge is 2.47. The quantitative estimate of drug-likeness (QED) is 0.753. The summed E-state index contributed by atoms with van der Waals surface area (Å²) in [5.74, 6) is 0. The van der Waals surface area contributed by atoms with Gasteiger partial charge in [0.05, 0.1) is 12.0 Å². The number of hydrogen-bond donors (Lipinski definition) is 1. The Labute approximate surface area is 79.0 Å². The van der Waals surface area contributed by atoms with E-state index >= 15 is 0 Å². The first-order valence-corrected chi connectivity index (χ1v) is 4.79. The van der Waals surface area contributed by atoms with E-state index in [1.165, 1.54) is 6.42 Å². The molecule has 1 aliphatic carbocycles. The summed E-state index contributed by atoms with van der Waals surface area (Å²) in [7, 11) is 0. The Bertz CT molecular complexity index is 312. The molecule has 0 amide bonds. The van der Waals surface area contributed by atoms with Crippen molar-refractivity contribution < 1.29 is 0 Å². The van der Waals surface area contributed by atoms with E-state index in [0.29, 0.717) is 11.5 Å². The zero-order valence-corrected chi connectivity index (χ0v) is 8.49. The predicted octanol–water partition coefficient (Wildman–Crippen LogP) is 1.87. The lowest BCUT2D eigenvalue weighted by molar-refractivity contribution is 0.519. The van der Waals surface area contributed by atoms with E-state index in [0.717, 1.165) is 5.69 Å². The summed E-state index contributed by atoms with van der Waals surface area (Å²) in [6.45, 7) is 6.56. The van der Waals surface area contributed by atoms with Gasteiger partial charge in [-0.15, -0.1) is 0 Å². The van der Waals surface area contributed by atoms with Crippen molar-refractivity contribution in [2.75, 3.05) is 0 Å². The van der Waals surface area contributed by atoms with Gasteiger partial charge in [0.25, 0.3) is 0 Å². The molecule has 1 aromatic heterocycles. The van der Waals surface area contributed by atoms with Gasteiger partial charge in [0.2, 0.25) is 0 Å². The molecule has 0 aromatic carbocycles. The zero-order chi connectivity index (χ0) is 9.64. The van der Waals surface area contributed by atoms with E-state index in [-0.39, 0.29) is 6.04 Å². The van der Waals surface area contributed by atoms with E-state index in [4.69, 9.17) is 5.73 Å². The zero-order valence-electron chi connectivity index (χ0n) is 8.49. The number of aromatic nitrogens is 2. The minimum atomic E-state index is 0.0823. The van der Waals surface area contributed by atoms with Gasteiger partial charge in [-0.2, -0.15) is 0 Å². The van der Waals surface area contributed by atoms with E-state index in [1.807, 2.05) is 19.4 Å². The summed E-state index contributed by atoms with van der Waals surface area (Å²) in [5.41, 5.74) is 7.44. The Balaban J connectivity index is 2.27. The molecule has 0 spiro atoms. The molecule has 13 heavy (non-hydrogen) atoms. The van der Waals surface area contributed by atoms with Crippen LogP contribution >= 0.6 is 0 Å². The molecule has 72 valence electrons. The average Bonchev–Trinajstić information content (AvgIpc) is 2.49. The van der Waals surface area contributed by atoms with Gasteiger partial charge in [-0.1, -0.05) is 13.8 Å². The molecule has 0 aliphatic heterocycles. The number of rotatable bonds is 2. The van der Waals surface area contributed by atoms with E-state index in [9.17, 15) is 0 Å². The molecule has 1 unspecified atom stereocenters. The minimum absolute atomic E-state index is 0.0823. The largest absolute Gasteiger partial charge is 0.330 e. The third-order valence-corrected chi connectivity index (χ3v) is 2.96. The summed E-state index contributed by atoms with van der Waals surface area (Å²) in [6, 6.07) is 0.690. The van der Waals surface area contributed by atoms with Crippen molar-refractivity contribution in [1.29, 1.82) is 0 Å². The van der Waals surface area contributed by atoms with Gasteiger partial charge >= 0.3 is 0 Å². The summed E-state index contributed by atoms with van der Waals surface area (Å²) in [5, 5.41) is 0. The van der Waals surface area contributed by atoms with Gasteiger partial charge in [-0.05, 0) is 18.8 Å². The Hall–Kier alpha value is -0.830. The molecule has 2 atom stereocenters. The second-order valence-electron chi connectivity index (χ2n) is 4.72. The summed E-state index contributed by atoms with van der Waals surface area (Å²) in [6.07, 6.45) is 5.01. The van der Waals surface area contributed by atoms with Gasteiger partial charge in [0, 0.05) is 18.3 Å². The Morgan fingerprint density at radius 3 is 2.77 bits per heavy atom. The van der Waals surface area contributed by atoms with Crippen LogP contribution in [0, 0.1) is 5.41 Å². The first kappa shape index (κ1) is 8.75.